The summed E-state index contributed by atoms with van der Waals surface area (Å²) in [6, 6.07) is 6.84. The van der Waals surface area contributed by atoms with Crippen LogP contribution in [0, 0.1) is 6.92 Å². The number of fused-ring (bicyclic) bond motifs is 1. The van der Waals surface area contributed by atoms with E-state index in [-0.39, 0.29) is 0 Å². The van der Waals surface area contributed by atoms with Gasteiger partial charge in [-0.1, -0.05) is 17.7 Å². The van der Waals surface area contributed by atoms with Gasteiger partial charge in [-0.15, -0.1) is 11.8 Å². The second kappa shape index (κ2) is 4.37. The average molecular weight is 207 g/mol. The molecule has 0 amide bonds. The van der Waals surface area contributed by atoms with Crippen molar-refractivity contribution >= 4 is 11.8 Å². The van der Waals surface area contributed by atoms with Crippen molar-refractivity contribution in [3.63, 3.8) is 0 Å². The zero-order valence-corrected chi connectivity index (χ0v) is 9.66. The van der Waals surface area contributed by atoms with Gasteiger partial charge in [0.25, 0.3) is 0 Å². The highest BCUT2D eigenvalue weighted by atomic mass is 32.2. The molecule has 0 aliphatic carbocycles. The molecule has 1 nitrogen and oxygen atoms in total. The van der Waals surface area contributed by atoms with Crippen molar-refractivity contribution in [3.8, 4) is 0 Å². The summed E-state index contributed by atoms with van der Waals surface area (Å²) < 4.78 is 0. The van der Waals surface area contributed by atoms with Gasteiger partial charge in [0.05, 0.1) is 0 Å². The predicted octanol–water partition coefficient (Wildman–Crippen LogP) is 2.79. The maximum absolute atomic E-state index is 3.29. The van der Waals surface area contributed by atoms with E-state index in [1.165, 1.54) is 22.6 Å². The van der Waals surface area contributed by atoms with Crippen LogP contribution in [0.4, 0.5) is 0 Å². The number of aryl methyl sites for hydroxylation is 1. The number of nitrogens with one attached hydrogen (secondary N) is 1. The van der Waals surface area contributed by atoms with Crippen LogP contribution in [0.3, 0.4) is 0 Å². The molecule has 1 aliphatic heterocycles. The van der Waals surface area contributed by atoms with Gasteiger partial charge in [0.15, 0.2) is 0 Å². The van der Waals surface area contributed by atoms with E-state index in [2.05, 4.69) is 30.4 Å². The molecule has 2 rings (SSSR count). The molecule has 0 fully saturated rings. The fourth-order valence-electron chi connectivity index (χ4n) is 2.04. The Kier molecular flexibility index (Phi) is 3.14. The Labute approximate surface area is 90.3 Å². The monoisotopic (exact) mass is 207 g/mol. The number of likely N-dealkylation sites (N-methyl/N-ethyl adjacent to an activating group) is 1. The van der Waals surface area contributed by atoms with Crippen LogP contribution in [0.2, 0.25) is 0 Å². The van der Waals surface area contributed by atoms with Crippen LogP contribution in [0.15, 0.2) is 23.1 Å². The number of benzene rings is 1. The molecular formula is C12H17NS. The summed E-state index contributed by atoms with van der Waals surface area (Å²) in [4.78, 5) is 1.49. The molecule has 0 radical (unpaired) electrons. The molecule has 0 saturated heterocycles. The van der Waals surface area contributed by atoms with Crippen molar-refractivity contribution in [3.05, 3.63) is 29.3 Å². The highest BCUT2D eigenvalue weighted by Gasteiger charge is 2.19. The van der Waals surface area contributed by atoms with Crippen molar-refractivity contribution in [2.45, 2.75) is 24.2 Å². The number of hydrogen-bond donors (Lipinski definition) is 1. The second-order valence-corrected chi connectivity index (χ2v) is 5.07. The smallest absolute Gasteiger partial charge is 0.0107 e. The minimum absolute atomic E-state index is 0.719. The van der Waals surface area contributed by atoms with Gasteiger partial charge < -0.3 is 5.32 Å². The summed E-state index contributed by atoms with van der Waals surface area (Å²) in [6.45, 7) is 3.28. The molecule has 1 unspecified atom stereocenters. The minimum atomic E-state index is 0.719. The molecular weight excluding hydrogens is 190 g/mol. The number of rotatable bonds is 2. The Morgan fingerprint density at radius 3 is 3.14 bits per heavy atom. The van der Waals surface area contributed by atoms with Crippen LogP contribution in [0.1, 0.15) is 23.5 Å². The van der Waals surface area contributed by atoms with Gasteiger partial charge in [0, 0.05) is 11.4 Å². The first kappa shape index (κ1) is 10.1. The third-order valence-electron chi connectivity index (χ3n) is 2.78. The lowest BCUT2D eigenvalue weighted by Gasteiger charge is -2.25. The zero-order valence-electron chi connectivity index (χ0n) is 8.84. The highest BCUT2D eigenvalue weighted by molar-refractivity contribution is 7.99. The van der Waals surface area contributed by atoms with E-state index in [9.17, 15) is 0 Å². The van der Waals surface area contributed by atoms with E-state index >= 15 is 0 Å². The largest absolute Gasteiger partial charge is 0.319 e. The van der Waals surface area contributed by atoms with Gasteiger partial charge in [0.1, 0.15) is 0 Å². The Balaban J connectivity index is 2.32. The molecule has 0 bridgehead atoms. The Bertz CT molecular complexity index is 322. The van der Waals surface area contributed by atoms with Gasteiger partial charge in [-0.2, -0.15) is 0 Å². The van der Waals surface area contributed by atoms with Crippen LogP contribution < -0.4 is 5.32 Å². The maximum atomic E-state index is 3.29. The van der Waals surface area contributed by atoms with E-state index in [1.54, 1.807) is 5.56 Å². The highest BCUT2D eigenvalue weighted by Crippen LogP contribution is 2.37. The van der Waals surface area contributed by atoms with Crippen LogP contribution in [0.25, 0.3) is 0 Å². The van der Waals surface area contributed by atoms with Crippen molar-refractivity contribution in [2.75, 3.05) is 19.3 Å². The van der Waals surface area contributed by atoms with Gasteiger partial charge in [-0.05, 0) is 43.7 Å². The second-order valence-electron chi connectivity index (χ2n) is 3.93. The SMILES string of the molecule is CNCC1CCSc2ccc(C)cc21. The molecule has 0 saturated carbocycles. The molecule has 0 aromatic heterocycles. The summed E-state index contributed by atoms with van der Waals surface area (Å²) in [5, 5.41) is 3.29. The van der Waals surface area contributed by atoms with Gasteiger partial charge in [-0.3, -0.25) is 0 Å². The van der Waals surface area contributed by atoms with Gasteiger partial charge in [-0.25, -0.2) is 0 Å². The number of thioether (sulfide) groups is 1. The van der Waals surface area contributed by atoms with Crippen molar-refractivity contribution in [1.29, 1.82) is 0 Å². The van der Waals surface area contributed by atoms with Crippen molar-refractivity contribution in [2.24, 2.45) is 0 Å². The molecule has 1 aromatic rings. The summed E-state index contributed by atoms with van der Waals surface area (Å²) in [5.74, 6) is 1.98. The minimum Gasteiger partial charge on any atom is -0.319 e. The lowest BCUT2D eigenvalue weighted by atomic mass is 9.94. The third-order valence-corrected chi connectivity index (χ3v) is 3.90. The molecule has 1 N–H and O–H groups in total. The Morgan fingerprint density at radius 2 is 2.36 bits per heavy atom. The average Bonchev–Trinajstić information content (AvgIpc) is 2.19. The van der Waals surface area contributed by atoms with Gasteiger partial charge in [0.2, 0.25) is 0 Å². The van der Waals surface area contributed by atoms with Crippen molar-refractivity contribution < 1.29 is 0 Å². The van der Waals surface area contributed by atoms with Crippen molar-refractivity contribution in [1.82, 2.24) is 5.32 Å². The third kappa shape index (κ3) is 1.96. The zero-order chi connectivity index (χ0) is 9.97. The quantitative estimate of drug-likeness (QED) is 0.800. The topological polar surface area (TPSA) is 12.0 Å². The maximum Gasteiger partial charge on any atom is 0.0107 e. The normalized spacial score (nSPS) is 20.6. The molecule has 76 valence electrons. The first-order valence-electron chi connectivity index (χ1n) is 5.19. The fraction of sp³-hybridized carbons (Fsp3) is 0.500. The lowest BCUT2D eigenvalue weighted by molar-refractivity contribution is 0.600. The van der Waals surface area contributed by atoms with Crippen LogP contribution in [-0.2, 0) is 0 Å². The lowest BCUT2D eigenvalue weighted by Crippen LogP contribution is -2.20. The van der Waals surface area contributed by atoms with Gasteiger partial charge >= 0.3 is 0 Å². The first-order valence-corrected chi connectivity index (χ1v) is 6.18. The Morgan fingerprint density at radius 1 is 1.50 bits per heavy atom. The Hall–Kier alpha value is -0.470. The standard InChI is InChI=1S/C12H17NS/c1-9-3-4-12-11(7-9)10(8-13-2)5-6-14-12/h3-4,7,10,13H,5-6,8H2,1-2H3. The first-order chi connectivity index (χ1) is 6.81. The summed E-state index contributed by atoms with van der Waals surface area (Å²) >= 11 is 2.00. The van der Waals surface area contributed by atoms with E-state index in [4.69, 9.17) is 0 Å². The predicted molar refractivity (Wildman–Crippen MR) is 63.2 cm³/mol. The molecule has 1 aliphatic rings. The fourth-order valence-corrected chi connectivity index (χ4v) is 3.22. The van der Waals surface area contributed by atoms with E-state index in [0.717, 1.165) is 12.5 Å². The number of hydrogen-bond acceptors (Lipinski definition) is 2. The van der Waals surface area contributed by atoms with Crippen LogP contribution >= 0.6 is 11.8 Å². The van der Waals surface area contributed by atoms with Crippen LogP contribution in [-0.4, -0.2) is 19.3 Å². The molecule has 1 aromatic carbocycles. The summed E-state index contributed by atoms with van der Waals surface area (Å²) in [6.07, 6.45) is 1.31. The van der Waals surface area contributed by atoms with Crippen LogP contribution in [0.5, 0.6) is 0 Å². The summed E-state index contributed by atoms with van der Waals surface area (Å²) in [7, 11) is 2.04. The van der Waals surface area contributed by atoms with E-state index < -0.39 is 0 Å². The molecule has 14 heavy (non-hydrogen) atoms. The summed E-state index contributed by atoms with van der Waals surface area (Å²) in [5.41, 5.74) is 2.93. The molecule has 0 spiro atoms. The molecule has 1 atom stereocenters. The molecule has 1 heterocycles. The van der Waals surface area contributed by atoms with E-state index in [1.807, 2.05) is 18.8 Å². The molecule has 2 heteroatoms. The van der Waals surface area contributed by atoms with E-state index in [0.29, 0.717) is 0 Å².